The number of piperazine rings is 1. The molecule has 1 saturated heterocycles. The highest BCUT2D eigenvalue weighted by Gasteiger charge is 2.25. The Morgan fingerprint density at radius 2 is 1.60 bits per heavy atom. The summed E-state index contributed by atoms with van der Waals surface area (Å²) in [4.78, 5) is 28.0. The monoisotopic (exact) mass is 358 g/mol. The van der Waals surface area contributed by atoms with Crippen LogP contribution in [0.15, 0.2) is 54.6 Å². The SMILES string of the molecule is O=C(OCc1ccccc1)N1CCN(C(=O)c2cccc(Cl)c2)CC1. The molecular weight excluding hydrogens is 340 g/mol. The summed E-state index contributed by atoms with van der Waals surface area (Å²) in [5.41, 5.74) is 1.51. The minimum Gasteiger partial charge on any atom is -0.445 e. The van der Waals surface area contributed by atoms with Crippen LogP contribution < -0.4 is 0 Å². The van der Waals surface area contributed by atoms with Crippen molar-refractivity contribution in [1.29, 1.82) is 0 Å². The van der Waals surface area contributed by atoms with Gasteiger partial charge in [0.05, 0.1) is 0 Å². The van der Waals surface area contributed by atoms with Gasteiger partial charge in [-0.2, -0.15) is 0 Å². The zero-order chi connectivity index (χ0) is 17.6. The Bertz CT molecular complexity index is 743. The number of nitrogens with zero attached hydrogens (tertiary/aromatic N) is 2. The Hall–Kier alpha value is -2.53. The van der Waals surface area contributed by atoms with E-state index < -0.39 is 0 Å². The molecule has 1 fully saturated rings. The van der Waals surface area contributed by atoms with Crippen molar-refractivity contribution in [2.24, 2.45) is 0 Å². The number of carbonyl (C=O) groups excluding carboxylic acids is 2. The van der Waals surface area contributed by atoms with E-state index in [2.05, 4.69) is 0 Å². The van der Waals surface area contributed by atoms with Crippen LogP contribution in [0.2, 0.25) is 5.02 Å². The third-order valence-electron chi connectivity index (χ3n) is 4.10. The number of carbonyl (C=O) groups is 2. The molecule has 1 aliphatic heterocycles. The second kappa shape index (κ2) is 8.03. The Morgan fingerprint density at radius 1 is 0.920 bits per heavy atom. The van der Waals surface area contributed by atoms with Crippen LogP contribution in [0, 0.1) is 0 Å². The van der Waals surface area contributed by atoms with Crippen molar-refractivity contribution in [1.82, 2.24) is 9.80 Å². The maximum atomic E-state index is 12.5. The van der Waals surface area contributed by atoms with Crippen LogP contribution >= 0.6 is 11.6 Å². The first-order valence-corrected chi connectivity index (χ1v) is 8.52. The van der Waals surface area contributed by atoms with Crippen molar-refractivity contribution in [3.8, 4) is 0 Å². The first kappa shape index (κ1) is 17.3. The van der Waals surface area contributed by atoms with Gasteiger partial charge in [-0.15, -0.1) is 0 Å². The molecule has 6 heteroatoms. The number of ether oxygens (including phenoxy) is 1. The molecule has 5 nitrogen and oxygen atoms in total. The number of rotatable bonds is 3. The molecular formula is C19H19ClN2O3. The number of benzene rings is 2. The number of halogens is 1. The minimum absolute atomic E-state index is 0.0696. The summed E-state index contributed by atoms with van der Waals surface area (Å²) in [6, 6.07) is 16.4. The summed E-state index contributed by atoms with van der Waals surface area (Å²) in [5, 5.41) is 0.536. The molecule has 2 aromatic carbocycles. The standard InChI is InChI=1S/C19H19ClN2O3/c20-17-8-4-7-16(13-17)18(23)21-9-11-22(12-10-21)19(24)25-14-15-5-2-1-3-6-15/h1-8,13H,9-12,14H2. The van der Waals surface area contributed by atoms with Crippen LogP contribution in [0.25, 0.3) is 0 Å². The fraction of sp³-hybridized carbons (Fsp3) is 0.263. The van der Waals surface area contributed by atoms with Gasteiger partial charge in [0.25, 0.3) is 5.91 Å². The zero-order valence-electron chi connectivity index (χ0n) is 13.7. The fourth-order valence-electron chi connectivity index (χ4n) is 2.71. The molecule has 1 heterocycles. The molecule has 130 valence electrons. The second-order valence-electron chi connectivity index (χ2n) is 5.83. The molecule has 0 spiro atoms. The van der Waals surface area contributed by atoms with E-state index in [1.54, 1.807) is 34.1 Å². The average Bonchev–Trinajstić information content (AvgIpc) is 2.66. The van der Waals surface area contributed by atoms with Gasteiger partial charge in [0.1, 0.15) is 6.61 Å². The maximum absolute atomic E-state index is 12.5. The largest absolute Gasteiger partial charge is 0.445 e. The summed E-state index contributed by atoms with van der Waals surface area (Å²) in [7, 11) is 0. The van der Waals surface area contributed by atoms with E-state index in [4.69, 9.17) is 16.3 Å². The van der Waals surface area contributed by atoms with Crippen LogP contribution in [0.5, 0.6) is 0 Å². The fourth-order valence-corrected chi connectivity index (χ4v) is 2.90. The summed E-state index contributed by atoms with van der Waals surface area (Å²) in [5.74, 6) is -0.0696. The van der Waals surface area contributed by atoms with E-state index in [1.807, 2.05) is 30.3 Å². The third kappa shape index (κ3) is 4.51. The Balaban J connectivity index is 1.49. The lowest BCUT2D eigenvalue weighted by molar-refractivity contribution is 0.0544. The van der Waals surface area contributed by atoms with Crippen molar-refractivity contribution in [2.45, 2.75) is 6.61 Å². The molecule has 0 saturated carbocycles. The highest BCUT2D eigenvalue weighted by Crippen LogP contribution is 2.14. The van der Waals surface area contributed by atoms with Crippen molar-refractivity contribution in [3.05, 3.63) is 70.7 Å². The Morgan fingerprint density at radius 3 is 2.28 bits per heavy atom. The number of amides is 2. The van der Waals surface area contributed by atoms with Gasteiger partial charge in [-0.05, 0) is 23.8 Å². The predicted octanol–water partition coefficient (Wildman–Crippen LogP) is 3.43. The van der Waals surface area contributed by atoms with Gasteiger partial charge < -0.3 is 14.5 Å². The molecule has 0 atom stereocenters. The predicted molar refractivity (Wildman–Crippen MR) is 95.6 cm³/mol. The highest BCUT2D eigenvalue weighted by atomic mass is 35.5. The summed E-state index contributed by atoms with van der Waals surface area (Å²) >= 11 is 5.94. The summed E-state index contributed by atoms with van der Waals surface area (Å²) < 4.78 is 5.33. The van der Waals surface area contributed by atoms with Gasteiger partial charge in [0, 0.05) is 36.8 Å². The molecule has 0 N–H and O–H groups in total. The lowest BCUT2D eigenvalue weighted by Crippen LogP contribution is -2.50. The summed E-state index contributed by atoms with van der Waals surface area (Å²) in [6.45, 7) is 2.12. The Kier molecular flexibility index (Phi) is 5.56. The van der Waals surface area contributed by atoms with E-state index in [0.717, 1.165) is 5.56 Å². The topological polar surface area (TPSA) is 49.9 Å². The van der Waals surface area contributed by atoms with Crippen molar-refractivity contribution >= 4 is 23.6 Å². The zero-order valence-corrected chi connectivity index (χ0v) is 14.5. The Labute approximate surface area is 151 Å². The molecule has 0 aliphatic carbocycles. The molecule has 1 aliphatic rings. The van der Waals surface area contributed by atoms with Gasteiger partial charge in [-0.1, -0.05) is 48.0 Å². The van der Waals surface area contributed by atoms with Crippen LogP contribution in [0.3, 0.4) is 0 Å². The van der Waals surface area contributed by atoms with Gasteiger partial charge in [0.15, 0.2) is 0 Å². The molecule has 0 bridgehead atoms. The lowest BCUT2D eigenvalue weighted by atomic mass is 10.2. The number of hydrogen-bond acceptors (Lipinski definition) is 3. The molecule has 0 aromatic heterocycles. The van der Waals surface area contributed by atoms with Gasteiger partial charge in [0.2, 0.25) is 0 Å². The van der Waals surface area contributed by atoms with E-state index in [1.165, 1.54) is 0 Å². The van der Waals surface area contributed by atoms with Crippen molar-refractivity contribution < 1.29 is 14.3 Å². The van der Waals surface area contributed by atoms with E-state index >= 15 is 0 Å². The lowest BCUT2D eigenvalue weighted by Gasteiger charge is -2.34. The van der Waals surface area contributed by atoms with Crippen LogP contribution in [-0.2, 0) is 11.3 Å². The highest BCUT2D eigenvalue weighted by molar-refractivity contribution is 6.30. The van der Waals surface area contributed by atoms with Gasteiger partial charge in [-0.25, -0.2) is 4.79 Å². The number of hydrogen-bond donors (Lipinski definition) is 0. The molecule has 0 unspecified atom stereocenters. The molecule has 2 amide bonds. The van der Waals surface area contributed by atoms with E-state index in [-0.39, 0.29) is 18.6 Å². The van der Waals surface area contributed by atoms with Crippen LogP contribution in [0.4, 0.5) is 4.79 Å². The van der Waals surface area contributed by atoms with Gasteiger partial charge >= 0.3 is 6.09 Å². The summed E-state index contributed by atoms with van der Waals surface area (Å²) in [6.07, 6.45) is -0.348. The van der Waals surface area contributed by atoms with E-state index in [0.29, 0.717) is 36.8 Å². The van der Waals surface area contributed by atoms with Gasteiger partial charge in [-0.3, -0.25) is 4.79 Å². The normalized spacial score (nSPS) is 14.3. The van der Waals surface area contributed by atoms with Crippen molar-refractivity contribution in [2.75, 3.05) is 26.2 Å². The minimum atomic E-state index is -0.348. The first-order chi connectivity index (χ1) is 12.1. The third-order valence-corrected chi connectivity index (χ3v) is 4.34. The van der Waals surface area contributed by atoms with Crippen molar-refractivity contribution in [3.63, 3.8) is 0 Å². The molecule has 2 aromatic rings. The smallest absolute Gasteiger partial charge is 0.410 e. The maximum Gasteiger partial charge on any atom is 0.410 e. The molecule has 25 heavy (non-hydrogen) atoms. The van der Waals surface area contributed by atoms with Crippen LogP contribution in [0.1, 0.15) is 15.9 Å². The molecule has 3 rings (SSSR count). The first-order valence-electron chi connectivity index (χ1n) is 8.14. The quantitative estimate of drug-likeness (QED) is 0.844. The van der Waals surface area contributed by atoms with Crippen LogP contribution in [-0.4, -0.2) is 48.0 Å². The average molecular weight is 359 g/mol. The molecule has 0 radical (unpaired) electrons. The van der Waals surface area contributed by atoms with E-state index in [9.17, 15) is 9.59 Å². The second-order valence-corrected chi connectivity index (χ2v) is 6.27.